The molecule has 2 aromatic carbocycles. The van der Waals surface area contributed by atoms with Gasteiger partial charge < -0.3 is 10.4 Å². The van der Waals surface area contributed by atoms with Crippen molar-refractivity contribution in [2.24, 2.45) is 0 Å². The maximum Gasteiger partial charge on any atom is 0.337 e. The van der Waals surface area contributed by atoms with Crippen LogP contribution in [0.25, 0.3) is 0 Å². The van der Waals surface area contributed by atoms with Crippen molar-refractivity contribution in [2.75, 3.05) is 5.32 Å². The van der Waals surface area contributed by atoms with Crippen LogP contribution >= 0.6 is 11.6 Å². The summed E-state index contributed by atoms with van der Waals surface area (Å²) in [5.41, 5.74) is 1.49. The Morgan fingerprint density at radius 3 is 2.45 bits per heavy atom. The Morgan fingerprint density at radius 1 is 1.18 bits per heavy atom. The molecule has 0 radical (unpaired) electrons. The second kappa shape index (κ2) is 6.74. The van der Waals surface area contributed by atoms with E-state index in [4.69, 9.17) is 22.0 Å². The zero-order valence-corrected chi connectivity index (χ0v) is 12.1. The van der Waals surface area contributed by atoms with Gasteiger partial charge in [0, 0.05) is 11.3 Å². The molecule has 2 N–H and O–H groups in total. The van der Waals surface area contributed by atoms with Crippen molar-refractivity contribution in [3.8, 4) is 6.07 Å². The van der Waals surface area contributed by atoms with Gasteiger partial charge >= 0.3 is 5.97 Å². The number of nitrogens with one attached hydrogen (secondary N) is 1. The number of nitriles is 1. The molecule has 0 aliphatic heterocycles. The molecule has 5 nitrogen and oxygen atoms in total. The van der Waals surface area contributed by atoms with E-state index in [1.807, 2.05) is 6.07 Å². The van der Waals surface area contributed by atoms with Crippen LogP contribution in [0.2, 0.25) is 5.02 Å². The van der Waals surface area contributed by atoms with Gasteiger partial charge in [-0.25, -0.2) is 4.79 Å². The van der Waals surface area contributed by atoms with E-state index in [2.05, 4.69) is 5.32 Å². The minimum absolute atomic E-state index is 0.0798. The number of amides is 1. The average molecular weight is 315 g/mol. The number of hydrogen-bond acceptors (Lipinski definition) is 3. The number of carboxylic acids is 1. The van der Waals surface area contributed by atoms with Crippen molar-refractivity contribution in [1.82, 2.24) is 0 Å². The molecule has 0 aliphatic rings. The van der Waals surface area contributed by atoms with Gasteiger partial charge in [-0.1, -0.05) is 23.7 Å². The third kappa shape index (κ3) is 3.62. The molecule has 2 aromatic rings. The Kier molecular flexibility index (Phi) is 4.77. The molecule has 0 saturated heterocycles. The molecular formula is C16H11ClN2O3. The summed E-state index contributed by atoms with van der Waals surface area (Å²) in [6.07, 6.45) is 0.279. The lowest BCUT2D eigenvalue weighted by Crippen LogP contribution is -2.12. The van der Waals surface area contributed by atoms with Crippen molar-refractivity contribution in [3.05, 3.63) is 64.2 Å². The molecular weight excluding hydrogens is 304 g/mol. The monoisotopic (exact) mass is 314 g/mol. The summed E-state index contributed by atoms with van der Waals surface area (Å²) in [5.74, 6) is -1.54. The fourth-order valence-corrected chi connectivity index (χ4v) is 2.03. The molecule has 6 heteroatoms. The van der Waals surface area contributed by atoms with Crippen molar-refractivity contribution >= 4 is 29.2 Å². The van der Waals surface area contributed by atoms with E-state index >= 15 is 0 Å². The fourth-order valence-electron chi connectivity index (χ4n) is 1.84. The molecule has 0 aliphatic carbocycles. The highest BCUT2D eigenvalue weighted by Crippen LogP contribution is 2.21. The number of carboxylic acid groups (broad SMARTS) is 1. The van der Waals surface area contributed by atoms with E-state index in [0.29, 0.717) is 11.3 Å². The van der Waals surface area contributed by atoms with Crippen LogP contribution in [0.5, 0.6) is 0 Å². The number of benzene rings is 2. The van der Waals surface area contributed by atoms with Crippen LogP contribution in [0.4, 0.5) is 5.69 Å². The minimum atomic E-state index is -1.16. The minimum Gasteiger partial charge on any atom is -0.478 e. The highest BCUT2D eigenvalue weighted by Gasteiger charge is 2.11. The number of hydrogen-bond donors (Lipinski definition) is 2. The maximum atomic E-state index is 12.1. The molecule has 22 heavy (non-hydrogen) atoms. The lowest BCUT2D eigenvalue weighted by molar-refractivity contribution is 0.0696. The Hall–Kier alpha value is -2.84. The highest BCUT2D eigenvalue weighted by molar-refractivity contribution is 6.33. The van der Waals surface area contributed by atoms with Gasteiger partial charge in [0.05, 0.1) is 23.1 Å². The molecule has 0 spiro atoms. The van der Waals surface area contributed by atoms with Gasteiger partial charge in [-0.3, -0.25) is 4.79 Å². The molecule has 0 saturated carbocycles. The Bertz CT molecular complexity index is 764. The second-order valence-corrected chi connectivity index (χ2v) is 4.89. The quantitative estimate of drug-likeness (QED) is 0.905. The molecule has 0 heterocycles. The van der Waals surface area contributed by atoms with Crippen molar-refractivity contribution in [1.29, 1.82) is 5.26 Å². The van der Waals surface area contributed by atoms with Crippen molar-refractivity contribution < 1.29 is 14.7 Å². The smallest absolute Gasteiger partial charge is 0.337 e. The third-order valence-electron chi connectivity index (χ3n) is 2.95. The summed E-state index contributed by atoms with van der Waals surface area (Å²) >= 11 is 5.77. The van der Waals surface area contributed by atoms with Gasteiger partial charge in [0.15, 0.2) is 0 Å². The van der Waals surface area contributed by atoms with Crippen LogP contribution in [0.3, 0.4) is 0 Å². The first-order chi connectivity index (χ1) is 10.5. The first kappa shape index (κ1) is 15.5. The highest BCUT2D eigenvalue weighted by atomic mass is 35.5. The molecule has 0 fully saturated rings. The summed E-state index contributed by atoms with van der Waals surface area (Å²) < 4.78 is 0. The standard InChI is InChI=1S/C16H11ClN2O3/c17-14-6-5-12(9-13(14)16(21)22)19-15(20)11-3-1-10(2-4-11)7-8-18/h1-6,9H,7H2,(H,19,20)(H,21,22). The lowest BCUT2D eigenvalue weighted by Gasteiger charge is -2.07. The molecule has 0 atom stereocenters. The van der Waals surface area contributed by atoms with Gasteiger partial charge in [0.2, 0.25) is 0 Å². The van der Waals surface area contributed by atoms with E-state index in [9.17, 15) is 9.59 Å². The molecule has 0 unspecified atom stereocenters. The van der Waals surface area contributed by atoms with Crippen molar-refractivity contribution in [3.63, 3.8) is 0 Å². The topological polar surface area (TPSA) is 90.2 Å². The van der Waals surface area contributed by atoms with Crippen LogP contribution in [0.1, 0.15) is 26.3 Å². The van der Waals surface area contributed by atoms with Crippen LogP contribution in [-0.4, -0.2) is 17.0 Å². The predicted molar refractivity (Wildman–Crippen MR) is 82.1 cm³/mol. The summed E-state index contributed by atoms with van der Waals surface area (Å²) in [6, 6.07) is 12.9. The van der Waals surface area contributed by atoms with E-state index in [-0.39, 0.29) is 22.9 Å². The molecule has 0 bridgehead atoms. The normalized spacial score (nSPS) is 9.82. The average Bonchev–Trinajstić information content (AvgIpc) is 2.50. The van der Waals surface area contributed by atoms with E-state index < -0.39 is 5.97 Å². The summed E-state index contributed by atoms with van der Waals surface area (Å²) in [5, 5.41) is 20.3. The van der Waals surface area contributed by atoms with Crippen LogP contribution < -0.4 is 5.32 Å². The number of aromatic carboxylic acids is 1. The number of rotatable bonds is 4. The zero-order chi connectivity index (χ0) is 16.1. The van der Waals surface area contributed by atoms with Gasteiger partial charge in [-0.15, -0.1) is 0 Å². The number of nitrogens with zero attached hydrogens (tertiary/aromatic N) is 1. The molecule has 2 rings (SSSR count). The Balaban J connectivity index is 2.16. The number of carbonyl (C=O) groups is 2. The number of carbonyl (C=O) groups excluding carboxylic acids is 1. The van der Waals surface area contributed by atoms with Gasteiger partial charge in [0.1, 0.15) is 0 Å². The SMILES string of the molecule is N#CCc1ccc(C(=O)Nc2ccc(Cl)c(C(=O)O)c2)cc1. The van der Waals surface area contributed by atoms with E-state index in [1.54, 1.807) is 24.3 Å². The fraction of sp³-hybridized carbons (Fsp3) is 0.0625. The third-order valence-corrected chi connectivity index (χ3v) is 3.28. The Morgan fingerprint density at radius 2 is 1.86 bits per heavy atom. The number of anilines is 1. The molecule has 1 amide bonds. The lowest BCUT2D eigenvalue weighted by atomic mass is 10.1. The van der Waals surface area contributed by atoms with Gasteiger partial charge in [-0.2, -0.15) is 5.26 Å². The van der Waals surface area contributed by atoms with Crippen LogP contribution in [-0.2, 0) is 6.42 Å². The largest absolute Gasteiger partial charge is 0.478 e. The second-order valence-electron chi connectivity index (χ2n) is 4.49. The van der Waals surface area contributed by atoms with Gasteiger partial charge in [0.25, 0.3) is 5.91 Å². The summed E-state index contributed by atoms with van der Waals surface area (Å²) in [6.45, 7) is 0. The van der Waals surface area contributed by atoms with Crippen LogP contribution in [0.15, 0.2) is 42.5 Å². The maximum absolute atomic E-state index is 12.1. The van der Waals surface area contributed by atoms with E-state index in [0.717, 1.165) is 5.56 Å². The first-order valence-electron chi connectivity index (χ1n) is 6.31. The summed E-state index contributed by atoms with van der Waals surface area (Å²) in [4.78, 5) is 23.1. The van der Waals surface area contributed by atoms with E-state index in [1.165, 1.54) is 18.2 Å². The van der Waals surface area contributed by atoms with Crippen LogP contribution in [0, 0.1) is 11.3 Å². The first-order valence-corrected chi connectivity index (χ1v) is 6.69. The number of halogens is 1. The van der Waals surface area contributed by atoms with Gasteiger partial charge in [-0.05, 0) is 35.9 Å². The Labute approximate surface area is 131 Å². The molecule has 110 valence electrons. The predicted octanol–water partition coefficient (Wildman–Crippen LogP) is 3.36. The summed E-state index contributed by atoms with van der Waals surface area (Å²) in [7, 11) is 0. The molecule has 0 aromatic heterocycles. The van der Waals surface area contributed by atoms with Crippen molar-refractivity contribution in [2.45, 2.75) is 6.42 Å². The zero-order valence-electron chi connectivity index (χ0n) is 11.3.